The number of amides is 1. The molecular weight excluding hydrogens is 420 g/mol. The number of aromatic nitrogens is 1. The van der Waals surface area contributed by atoms with Crippen molar-refractivity contribution < 1.29 is 24.2 Å². The van der Waals surface area contributed by atoms with Gasteiger partial charge in [-0.25, -0.2) is 4.98 Å². The molecule has 1 aliphatic heterocycles. The van der Waals surface area contributed by atoms with Crippen LogP contribution in [0.4, 0.5) is 5.82 Å². The molecule has 0 radical (unpaired) electrons. The summed E-state index contributed by atoms with van der Waals surface area (Å²) in [6.45, 7) is 3.84. The quantitative estimate of drug-likeness (QED) is 0.342. The average molecular weight is 444 g/mol. The Morgan fingerprint density at radius 3 is 2.21 bits per heavy atom. The molecule has 1 aromatic heterocycles. The van der Waals surface area contributed by atoms with Gasteiger partial charge in [0.2, 0.25) is 0 Å². The van der Waals surface area contributed by atoms with Crippen molar-refractivity contribution in [2.24, 2.45) is 0 Å². The number of aliphatic hydroxyl groups excluding tert-OH is 1. The topological polar surface area (TPSA) is 89.0 Å². The van der Waals surface area contributed by atoms with E-state index in [1.165, 1.54) is 4.90 Å². The average Bonchev–Trinajstić information content (AvgIpc) is 3.10. The monoisotopic (exact) mass is 444 g/mol. The highest BCUT2D eigenvalue weighted by molar-refractivity contribution is 6.51. The Balaban J connectivity index is 1.85. The molecule has 2 aromatic carbocycles. The number of pyridine rings is 1. The van der Waals surface area contributed by atoms with Crippen LogP contribution in [0.2, 0.25) is 0 Å². The van der Waals surface area contributed by atoms with Gasteiger partial charge in [0.05, 0.1) is 24.8 Å². The van der Waals surface area contributed by atoms with Crippen LogP contribution in [0.5, 0.6) is 11.5 Å². The number of hydrogen-bond donors (Lipinski definition) is 1. The molecule has 7 nitrogen and oxygen atoms in total. The summed E-state index contributed by atoms with van der Waals surface area (Å²) in [6, 6.07) is 18.0. The van der Waals surface area contributed by atoms with E-state index >= 15 is 0 Å². The molecule has 3 aromatic rings. The molecule has 0 saturated carbocycles. The molecule has 33 heavy (non-hydrogen) atoms. The molecule has 1 amide bonds. The lowest BCUT2D eigenvalue weighted by Gasteiger charge is -2.24. The number of ketones is 1. The molecule has 0 bridgehead atoms. The minimum absolute atomic E-state index is 0.00298. The van der Waals surface area contributed by atoms with Crippen LogP contribution in [0.15, 0.2) is 78.5 Å². The Morgan fingerprint density at radius 1 is 0.970 bits per heavy atom. The van der Waals surface area contributed by atoms with E-state index in [-0.39, 0.29) is 17.4 Å². The smallest absolute Gasteiger partial charge is 0.301 e. The van der Waals surface area contributed by atoms with Crippen molar-refractivity contribution >= 4 is 23.3 Å². The zero-order chi connectivity index (χ0) is 23.5. The number of hydrogen-bond acceptors (Lipinski definition) is 6. The van der Waals surface area contributed by atoms with E-state index < -0.39 is 17.7 Å². The fraction of sp³-hybridized carbons (Fsp3) is 0.192. The van der Waals surface area contributed by atoms with Crippen LogP contribution in [0.1, 0.15) is 31.0 Å². The third-order valence-corrected chi connectivity index (χ3v) is 5.27. The zero-order valence-electron chi connectivity index (χ0n) is 18.6. The van der Waals surface area contributed by atoms with E-state index in [9.17, 15) is 14.7 Å². The number of Topliss-reactive ketones (excluding diaryl/α,β-unsaturated/α-hetero) is 1. The second kappa shape index (κ2) is 9.16. The number of nitrogens with zero attached hydrogens (tertiary/aromatic N) is 2. The van der Waals surface area contributed by atoms with Gasteiger partial charge in [-0.2, -0.15) is 0 Å². The summed E-state index contributed by atoms with van der Waals surface area (Å²) in [6.07, 6.45) is 1.55. The maximum absolute atomic E-state index is 13.1. The van der Waals surface area contributed by atoms with Gasteiger partial charge in [-0.05, 0) is 67.9 Å². The lowest BCUT2D eigenvalue weighted by atomic mass is 9.95. The van der Waals surface area contributed by atoms with Gasteiger partial charge >= 0.3 is 5.91 Å². The molecule has 168 valence electrons. The van der Waals surface area contributed by atoms with E-state index in [2.05, 4.69) is 4.98 Å². The van der Waals surface area contributed by atoms with Crippen LogP contribution in [-0.4, -0.2) is 35.0 Å². The summed E-state index contributed by atoms with van der Waals surface area (Å²) in [4.78, 5) is 31.8. The number of rotatable bonds is 6. The van der Waals surface area contributed by atoms with Crippen LogP contribution < -0.4 is 14.4 Å². The standard InChI is InChI=1S/C26H24N2O5/c1-16(2)33-20-13-9-18(10-14-20)24(29)22-23(17-7-11-19(32-3)12-8-17)28(26(31)25(22)30)21-6-4-5-15-27-21/h4-16,23,29H,1-3H3/b24-22+/t23-/m0/s1. The number of benzene rings is 2. The molecule has 4 rings (SSSR count). The van der Waals surface area contributed by atoms with E-state index in [1.807, 2.05) is 13.8 Å². The van der Waals surface area contributed by atoms with Crippen molar-refractivity contribution in [2.45, 2.75) is 26.0 Å². The predicted octanol–water partition coefficient (Wildman–Crippen LogP) is 4.50. The van der Waals surface area contributed by atoms with Gasteiger partial charge in [0.25, 0.3) is 5.78 Å². The number of methoxy groups -OCH3 is 1. The van der Waals surface area contributed by atoms with Gasteiger partial charge in [0, 0.05) is 11.8 Å². The molecule has 1 fully saturated rings. The van der Waals surface area contributed by atoms with Crippen molar-refractivity contribution in [3.63, 3.8) is 0 Å². The van der Waals surface area contributed by atoms with Crippen LogP contribution in [-0.2, 0) is 9.59 Å². The van der Waals surface area contributed by atoms with E-state index in [0.717, 1.165) is 0 Å². The molecule has 1 atom stereocenters. The fourth-order valence-corrected chi connectivity index (χ4v) is 3.79. The highest BCUT2D eigenvalue weighted by Gasteiger charge is 2.47. The summed E-state index contributed by atoms with van der Waals surface area (Å²) in [5.41, 5.74) is 1.04. The largest absolute Gasteiger partial charge is 0.507 e. The molecule has 7 heteroatoms. The summed E-state index contributed by atoms with van der Waals surface area (Å²) in [7, 11) is 1.56. The second-order valence-electron chi connectivity index (χ2n) is 7.82. The van der Waals surface area contributed by atoms with Crippen molar-refractivity contribution in [3.8, 4) is 11.5 Å². The third kappa shape index (κ3) is 4.30. The number of ether oxygens (including phenoxy) is 2. The minimum atomic E-state index is -0.850. The van der Waals surface area contributed by atoms with Gasteiger partial charge in [0.15, 0.2) is 0 Å². The van der Waals surface area contributed by atoms with Crippen LogP contribution in [0.3, 0.4) is 0 Å². The first-order valence-corrected chi connectivity index (χ1v) is 10.5. The van der Waals surface area contributed by atoms with Gasteiger partial charge in [-0.3, -0.25) is 14.5 Å². The maximum atomic E-state index is 13.1. The van der Waals surface area contributed by atoms with E-state index in [1.54, 1.807) is 80.0 Å². The SMILES string of the molecule is COc1ccc([C@H]2/C(=C(\O)c3ccc(OC(C)C)cc3)C(=O)C(=O)N2c2ccccn2)cc1. The molecule has 0 unspecified atom stereocenters. The van der Waals surface area contributed by atoms with E-state index in [4.69, 9.17) is 9.47 Å². The summed E-state index contributed by atoms with van der Waals surface area (Å²) >= 11 is 0. The van der Waals surface area contributed by atoms with Gasteiger partial charge in [0.1, 0.15) is 23.1 Å². The number of carbonyl (C=O) groups excluding carboxylic acids is 2. The normalized spacial score (nSPS) is 17.5. The number of anilines is 1. The highest BCUT2D eigenvalue weighted by Crippen LogP contribution is 2.41. The minimum Gasteiger partial charge on any atom is -0.507 e. The summed E-state index contributed by atoms with van der Waals surface area (Å²) in [5, 5.41) is 11.2. The first-order valence-electron chi connectivity index (χ1n) is 10.5. The van der Waals surface area contributed by atoms with Crippen LogP contribution in [0.25, 0.3) is 5.76 Å². The van der Waals surface area contributed by atoms with Gasteiger partial charge < -0.3 is 14.6 Å². The number of aliphatic hydroxyl groups is 1. The van der Waals surface area contributed by atoms with Gasteiger partial charge in [-0.15, -0.1) is 0 Å². The first kappa shape index (κ1) is 22.1. The second-order valence-corrected chi connectivity index (χ2v) is 7.82. The maximum Gasteiger partial charge on any atom is 0.301 e. The van der Waals surface area contributed by atoms with Crippen molar-refractivity contribution in [2.75, 3.05) is 12.0 Å². The molecule has 1 saturated heterocycles. The lowest BCUT2D eigenvalue weighted by Crippen LogP contribution is -2.30. The lowest BCUT2D eigenvalue weighted by molar-refractivity contribution is -0.132. The van der Waals surface area contributed by atoms with Crippen LogP contribution >= 0.6 is 0 Å². The Labute approximate surface area is 191 Å². The third-order valence-electron chi connectivity index (χ3n) is 5.27. The molecule has 1 N–H and O–H groups in total. The van der Waals surface area contributed by atoms with Gasteiger partial charge in [-0.1, -0.05) is 18.2 Å². The predicted molar refractivity (Wildman–Crippen MR) is 124 cm³/mol. The van der Waals surface area contributed by atoms with Crippen molar-refractivity contribution in [1.82, 2.24) is 4.98 Å². The Hall–Kier alpha value is -4.13. The fourth-order valence-electron chi connectivity index (χ4n) is 3.79. The Kier molecular flexibility index (Phi) is 6.13. The van der Waals surface area contributed by atoms with Crippen molar-refractivity contribution in [1.29, 1.82) is 0 Å². The Morgan fingerprint density at radius 2 is 1.64 bits per heavy atom. The first-order chi connectivity index (χ1) is 15.9. The van der Waals surface area contributed by atoms with E-state index in [0.29, 0.717) is 28.4 Å². The molecular formula is C26H24N2O5. The van der Waals surface area contributed by atoms with Crippen LogP contribution in [0, 0.1) is 0 Å². The molecule has 0 aliphatic carbocycles. The Bertz CT molecular complexity index is 1190. The molecule has 1 aliphatic rings. The zero-order valence-corrected chi connectivity index (χ0v) is 18.6. The molecule has 0 spiro atoms. The number of carbonyl (C=O) groups is 2. The highest BCUT2D eigenvalue weighted by atomic mass is 16.5. The van der Waals surface area contributed by atoms with Crippen molar-refractivity contribution in [3.05, 3.63) is 89.6 Å². The summed E-state index contributed by atoms with van der Waals surface area (Å²) in [5.74, 6) is -0.197. The molecule has 2 heterocycles. The summed E-state index contributed by atoms with van der Waals surface area (Å²) < 4.78 is 10.9.